The maximum absolute atomic E-state index is 12.9. The highest BCUT2D eigenvalue weighted by molar-refractivity contribution is 7.18. The van der Waals surface area contributed by atoms with Crippen LogP contribution < -0.4 is 10.6 Å². The highest BCUT2D eigenvalue weighted by Gasteiger charge is 2.29. The zero-order valence-electron chi connectivity index (χ0n) is 24.7. The molecule has 0 saturated carbocycles. The molecule has 1 aromatic carbocycles. The van der Waals surface area contributed by atoms with Gasteiger partial charge in [0.05, 0.1) is 24.5 Å². The molecule has 234 valence electrons. The number of piperazine rings is 1. The number of aliphatic hydroxyl groups excluding tert-OH is 1. The van der Waals surface area contributed by atoms with Crippen LogP contribution in [-0.4, -0.2) is 93.6 Å². The van der Waals surface area contributed by atoms with Crippen molar-refractivity contribution in [2.75, 3.05) is 51.1 Å². The summed E-state index contributed by atoms with van der Waals surface area (Å²) < 4.78 is 40.7. The summed E-state index contributed by atoms with van der Waals surface area (Å²) >= 11 is 1.06. The van der Waals surface area contributed by atoms with Gasteiger partial charge in [0.15, 0.2) is 0 Å². The quantitative estimate of drug-likeness (QED) is 0.253. The zero-order valence-corrected chi connectivity index (χ0v) is 25.5. The molecule has 3 aromatic heterocycles. The number of nitrogens with one attached hydrogen (secondary N) is 2. The Balaban J connectivity index is 1.08. The van der Waals surface area contributed by atoms with Gasteiger partial charge >= 0.3 is 6.18 Å². The van der Waals surface area contributed by atoms with Crippen LogP contribution in [0.2, 0.25) is 0 Å². The van der Waals surface area contributed by atoms with Crippen LogP contribution in [0.1, 0.15) is 34.5 Å². The van der Waals surface area contributed by atoms with E-state index in [1.165, 1.54) is 11.9 Å². The van der Waals surface area contributed by atoms with Gasteiger partial charge in [-0.25, -0.2) is 9.97 Å². The Kier molecular flexibility index (Phi) is 9.07. The fourth-order valence-electron chi connectivity index (χ4n) is 6.42. The van der Waals surface area contributed by atoms with Crippen LogP contribution >= 0.6 is 11.3 Å². The molecule has 1 unspecified atom stereocenters. The third-order valence-electron chi connectivity index (χ3n) is 8.73. The number of benzene rings is 1. The van der Waals surface area contributed by atoms with E-state index in [9.17, 15) is 23.5 Å². The molecule has 0 bridgehead atoms. The lowest BCUT2D eigenvalue weighted by molar-refractivity contribution is -0.126. The molecule has 2 fully saturated rings. The van der Waals surface area contributed by atoms with Gasteiger partial charge in [-0.3, -0.25) is 9.80 Å². The number of fused-ring (bicyclic) bond motifs is 2. The van der Waals surface area contributed by atoms with Gasteiger partial charge in [-0.05, 0) is 49.1 Å². The summed E-state index contributed by atoms with van der Waals surface area (Å²) in [4.78, 5) is 14.0. The largest absolute Gasteiger partial charge is 0.393 e. The molecule has 9 nitrogen and oxygen atoms in total. The minimum Gasteiger partial charge on any atom is -0.390 e. The molecule has 1 atom stereocenters. The topological polar surface area (TPSA) is 105 Å². The van der Waals surface area contributed by atoms with Crippen LogP contribution in [-0.2, 0) is 19.5 Å². The lowest BCUT2D eigenvalue weighted by Crippen LogP contribution is -2.46. The minimum absolute atomic E-state index is 0.165. The predicted molar refractivity (Wildman–Crippen MR) is 166 cm³/mol. The van der Waals surface area contributed by atoms with E-state index in [-0.39, 0.29) is 10.9 Å². The van der Waals surface area contributed by atoms with Crippen molar-refractivity contribution in [3.63, 3.8) is 0 Å². The Hall–Kier alpha value is -3.28. The third kappa shape index (κ3) is 7.00. The number of piperidine rings is 1. The Morgan fingerprint density at radius 2 is 1.86 bits per heavy atom. The summed E-state index contributed by atoms with van der Waals surface area (Å²) in [6, 6.07) is 10.2. The second-order valence-electron chi connectivity index (χ2n) is 11.9. The molecule has 4 aromatic rings. The first kappa shape index (κ1) is 30.7. The molecule has 5 heterocycles. The maximum atomic E-state index is 12.9. The number of β-amino-alcohol motifs (C(OH)–C–C–N with tert-alkyl or cyclic N) is 1. The van der Waals surface area contributed by atoms with Crippen LogP contribution in [0.4, 0.5) is 19.0 Å². The van der Waals surface area contributed by atoms with E-state index in [4.69, 9.17) is 0 Å². The maximum Gasteiger partial charge on any atom is 0.393 e. The number of hydrogen-bond acceptors (Lipinski definition) is 9. The Morgan fingerprint density at radius 1 is 1.09 bits per heavy atom. The number of halogens is 3. The molecule has 6 rings (SSSR count). The monoisotopic (exact) mass is 626 g/mol. The number of aryl methyl sites for hydroxylation is 1. The summed E-state index contributed by atoms with van der Waals surface area (Å²) in [7, 11) is 0. The van der Waals surface area contributed by atoms with Gasteiger partial charge < -0.3 is 20.3 Å². The molecule has 0 amide bonds. The molecule has 0 aliphatic carbocycles. The number of likely N-dealkylation sites (tertiary alicyclic amines) is 1. The van der Waals surface area contributed by atoms with Gasteiger partial charge in [-0.1, -0.05) is 6.07 Å². The van der Waals surface area contributed by atoms with E-state index < -0.39 is 18.7 Å². The number of aliphatic hydroxyl groups is 1. The van der Waals surface area contributed by atoms with Crippen molar-refractivity contribution in [2.24, 2.45) is 0 Å². The fourth-order valence-corrected chi connectivity index (χ4v) is 7.44. The van der Waals surface area contributed by atoms with Gasteiger partial charge in [-0.15, -0.1) is 11.3 Å². The minimum atomic E-state index is -4.26. The van der Waals surface area contributed by atoms with E-state index in [1.807, 2.05) is 10.6 Å². The molecule has 0 spiro atoms. The third-order valence-corrected chi connectivity index (χ3v) is 9.77. The average molecular weight is 627 g/mol. The first-order valence-corrected chi connectivity index (χ1v) is 15.9. The van der Waals surface area contributed by atoms with Crippen LogP contribution in [0.25, 0.3) is 21.1 Å². The van der Waals surface area contributed by atoms with Crippen molar-refractivity contribution in [3.8, 4) is 6.07 Å². The highest BCUT2D eigenvalue weighted by atomic mass is 32.1. The molecule has 2 aliphatic heterocycles. The number of hydrogen-bond donors (Lipinski definition) is 3. The number of alkyl halides is 3. The normalized spacial score (nSPS) is 18.2. The van der Waals surface area contributed by atoms with Crippen molar-refractivity contribution in [3.05, 3.63) is 52.3 Å². The predicted octanol–water partition coefficient (Wildman–Crippen LogP) is 4.27. The van der Waals surface area contributed by atoms with Gasteiger partial charge in [0.1, 0.15) is 28.7 Å². The first-order chi connectivity index (χ1) is 21.2. The van der Waals surface area contributed by atoms with Crippen molar-refractivity contribution in [1.82, 2.24) is 29.7 Å². The lowest BCUT2D eigenvalue weighted by atomic mass is 10.0. The van der Waals surface area contributed by atoms with E-state index >= 15 is 0 Å². The second kappa shape index (κ2) is 13.0. The number of anilines is 1. The molecule has 2 aliphatic rings. The fraction of sp³-hybridized carbons (Fsp3) is 0.516. The Bertz CT molecular complexity index is 1650. The lowest BCUT2D eigenvalue weighted by Gasteiger charge is -2.33. The summed E-state index contributed by atoms with van der Waals surface area (Å²) in [5.41, 5.74) is 3.87. The van der Waals surface area contributed by atoms with Crippen molar-refractivity contribution in [1.29, 1.82) is 5.26 Å². The van der Waals surface area contributed by atoms with Crippen LogP contribution in [0.3, 0.4) is 0 Å². The van der Waals surface area contributed by atoms with E-state index in [0.717, 1.165) is 86.5 Å². The Morgan fingerprint density at radius 3 is 2.59 bits per heavy atom. The van der Waals surface area contributed by atoms with Gasteiger partial charge in [0.2, 0.25) is 0 Å². The zero-order chi connectivity index (χ0) is 30.8. The summed E-state index contributed by atoms with van der Waals surface area (Å²) in [6.07, 6.45) is -2.61. The molecule has 3 N–H and O–H groups in total. The van der Waals surface area contributed by atoms with Gasteiger partial charge in [0.25, 0.3) is 0 Å². The second-order valence-corrected chi connectivity index (χ2v) is 13.0. The summed E-state index contributed by atoms with van der Waals surface area (Å²) in [5, 5.41) is 29.2. The van der Waals surface area contributed by atoms with Crippen LogP contribution in [0.15, 0.2) is 30.6 Å². The molecular weight excluding hydrogens is 589 g/mol. The molecule has 44 heavy (non-hydrogen) atoms. The summed E-state index contributed by atoms with van der Waals surface area (Å²) in [5.74, 6) is 0.593. The van der Waals surface area contributed by atoms with Crippen LogP contribution in [0.5, 0.6) is 0 Å². The van der Waals surface area contributed by atoms with Crippen molar-refractivity contribution in [2.45, 2.75) is 57.6 Å². The van der Waals surface area contributed by atoms with Crippen molar-refractivity contribution >= 4 is 38.3 Å². The highest BCUT2D eigenvalue weighted by Crippen LogP contribution is 2.33. The van der Waals surface area contributed by atoms with E-state index in [1.54, 1.807) is 6.07 Å². The van der Waals surface area contributed by atoms with Crippen molar-refractivity contribution < 1.29 is 18.3 Å². The van der Waals surface area contributed by atoms with Gasteiger partial charge in [-0.2, -0.15) is 18.4 Å². The SMILES string of the molecule is Cc1c(CN2CCC(Nc3ncnc4sc(CC(F)(F)F)cc34)CC2)ccc2c1cc(C#N)n2CC(O)CN1CCNCC1. The molecule has 0 radical (unpaired) electrons. The number of nitriles is 1. The first-order valence-electron chi connectivity index (χ1n) is 15.1. The average Bonchev–Trinajstić information content (AvgIpc) is 3.56. The summed E-state index contributed by atoms with van der Waals surface area (Å²) in [6.45, 7) is 9.27. The number of nitrogens with zero attached hydrogens (tertiary/aromatic N) is 6. The molecule has 13 heteroatoms. The van der Waals surface area contributed by atoms with E-state index in [2.05, 4.69) is 55.5 Å². The standard InChI is InChI=1S/C31H37F3N8OS/c1-20-21(2-3-28-26(20)12-23(15-35)42(28)18-24(43)17-41-10-6-36-7-11-41)16-40-8-4-22(5-9-40)39-29-27-13-25(14-31(32,33)34)44-30(27)38-19-37-29/h2-3,12-13,19,22,24,36,43H,4-11,14,16-18H2,1H3,(H,37,38,39). The van der Waals surface area contributed by atoms with E-state index in [0.29, 0.717) is 34.8 Å². The number of aromatic nitrogens is 3. The smallest absolute Gasteiger partial charge is 0.390 e. The molecular formula is C31H37F3N8OS. The van der Waals surface area contributed by atoms with Crippen LogP contribution in [0, 0.1) is 18.3 Å². The van der Waals surface area contributed by atoms with Gasteiger partial charge in [0, 0.05) is 74.2 Å². The Labute approximate surface area is 258 Å². The molecule has 2 saturated heterocycles. The number of rotatable bonds is 9. The number of thiophene rings is 1.